The fraction of sp³-hybridized carbons (Fsp3) is 0.167. The van der Waals surface area contributed by atoms with Crippen molar-refractivity contribution in [3.8, 4) is 11.3 Å². The van der Waals surface area contributed by atoms with Gasteiger partial charge in [-0.3, -0.25) is 0 Å². The van der Waals surface area contributed by atoms with Crippen LogP contribution in [0.5, 0.6) is 0 Å². The molecule has 0 saturated carbocycles. The first kappa shape index (κ1) is 8.11. The lowest BCUT2D eigenvalue weighted by Crippen LogP contribution is -1.86. The Morgan fingerprint density at radius 2 is 2.00 bits per heavy atom. The van der Waals surface area contributed by atoms with Gasteiger partial charge in [-0.05, 0) is 24.1 Å². The predicted octanol–water partition coefficient (Wildman–Crippen LogP) is 3.49. The van der Waals surface area contributed by atoms with E-state index < -0.39 is 0 Å². The SMILES string of the molecule is CCc1ccccc1-c1ccc[nH]1.[HH]. The molecule has 2 rings (SSSR count). The van der Waals surface area contributed by atoms with Crippen LogP contribution >= 0.6 is 0 Å². The van der Waals surface area contributed by atoms with Crippen LogP contribution in [0.4, 0.5) is 0 Å². The van der Waals surface area contributed by atoms with Gasteiger partial charge in [0.1, 0.15) is 0 Å². The van der Waals surface area contributed by atoms with Crippen molar-refractivity contribution in [2.24, 2.45) is 0 Å². The average molecular weight is 173 g/mol. The Labute approximate surface area is 79.9 Å². The van der Waals surface area contributed by atoms with Gasteiger partial charge in [0.25, 0.3) is 0 Å². The van der Waals surface area contributed by atoms with Crippen LogP contribution in [0.3, 0.4) is 0 Å². The van der Waals surface area contributed by atoms with Crippen LogP contribution in [0.2, 0.25) is 0 Å². The van der Waals surface area contributed by atoms with Crippen LogP contribution < -0.4 is 0 Å². The highest BCUT2D eigenvalue weighted by Gasteiger charge is 2.01. The number of aryl methyl sites for hydroxylation is 1. The molecule has 1 heterocycles. The summed E-state index contributed by atoms with van der Waals surface area (Å²) in [5.74, 6) is 0. The Hall–Kier alpha value is -1.50. The monoisotopic (exact) mass is 173 g/mol. The number of benzene rings is 1. The van der Waals surface area contributed by atoms with Crippen molar-refractivity contribution in [3.05, 3.63) is 48.2 Å². The zero-order valence-corrected chi connectivity index (χ0v) is 7.75. The van der Waals surface area contributed by atoms with Gasteiger partial charge in [-0.25, -0.2) is 0 Å². The highest BCUT2D eigenvalue weighted by atomic mass is 14.7. The van der Waals surface area contributed by atoms with Crippen LogP contribution in [0.1, 0.15) is 13.9 Å². The maximum Gasteiger partial charge on any atom is 0.0456 e. The van der Waals surface area contributed by atoms with E-state index in [0.717, 1.165) is 6.42 Å². The van der Waals surface area contributed by atoms with Crippen LogP contribution in [-0.4, -0.2) is 4.98 Å². The molecule has 0 radical (unpaired) electrons. The molecule has 68 valence electrons. The van der Waals surface area contributed by atoms with E-state index in [1.165, 1.54) is 16.8 Å². The predicted molar refractivity (Wildman–Crippen MR) is 57.7 cm³/mol. The summed E-state index contributed by atoms with van der Waals surface area (Å²) in [5.41, 5.74) is 3.91. The van der Waals surface area contributed by atoms with Gasteiger partial charge >= 0.3 is 0 Å². The van der Waals surface area contributed by atoms with E-state index in [-0.39, 0.29) is 1.43 Å². The molecular formula is C12H15N. The summed E-state index contributed by atoms with van der Waals surface area (Å²) < 4.78 is 0. The highest BCUT2D eigenvalue weighted by Crippen LogP contribution is 2.21. The summed E-state index contributed by atoms with van der Waals surface area (Å²) >= 11 is 0. The number of hydrogen-bond donors (Lipinski definition) is 1. The first-order chi connectivity index (χ1) is 6.42. The maximum absolute atomic E-state index is 3.23. The van der Waals surface area contributed by atoms with Crippen LogP contribution in [0.25, 0.3) is 11.3 Å². The minimum Gasteiger partial charge on any atom is -0.361 e. The lowest BCUT2D eigenvalue weighted by molar-refractivity contribution is 1.14. The number of H-pyrrole nitrogens is 1. The number of hydrogen-bond acceptors (Lipinski definition) is 0. The summed E-state index contributed by atoms with van der Waals surface area (Å²) in [7, 11) is 0. The largest absolute Gasteiger partial charge is 0.361 e. The molecule has 0 atom stereocenters. The quantitative estimate of drug-likeness (QED) is 0.715. The summed E-state index contributed by atoms with van der Waals surface area (Å²) in [4.78, 5) is 3.23. The molecule has 0 amide bonds. The Bertz CT molecular complexity index is 379. The number of nitrogens with one attached hydrogen (secondary N) is 1. The van der Waals surface area contributed by atoms with E-state index in [0.29, 0.717) is 0 Å². The molecule has 0 saturated heterocycles. The number of aromatic nitrogens is 1. The Morgan fingerprint density at radius 3 is 2.69 bits per heavy atom. The zero-order chi connectivity index (χ0) is 9.10. The van der Waals surface area contributed by atoms with E-state index in [1.807, 2.05) is 12.3 Å². The van der Waals surface area contributed by atoms with Crippen LogP contribution in [0, 0.1) is 0 Å². The fourth-order valence-corrected chi connectivity index (χ4v) is 1.59. The minimum atomic E-state index is 0. The van der Waals surface area contributed by atoms with E-state index in [9.17, 15) is 0 Å². The van der Waals surface area contributed by atoms with Gasteiger partial charge in [0, 0.05) is 18.9 Å². The van der Waals surface area contributed by atoms with Crippen molar-refractivity contribution >= 4 is 0 Å². The molecule has 0 spiro atoms. The van der Waals surface area contributed by atoms with E-state index >= 15 is 0 Å². The second kappa shape index (κ2) is 3.48. The van der Waals surface area contributed by atoms with Gasteiger partial charge in [0.2, 0.25) is 0 Å². The lowest BCUT2D eigenvalue weighted by atomic mass is 10.0. The van der Waals surface area contributed by atoms with Crippen molar-refractivity contribution < 1.29 is 1.43 Å². The second-order valence-corrected chi connectivity index (χ2v) is 3.09. The average Bonchev–Trinajstić information content (AvgIpc) is 2.70. The van der Waals surface area contributed by atoms with Crippen LogP contribution in [-0.2, 0) is 6.42 Å². The van der Waals surface area contributed by atoms with Gasteiger partial charge in [0.15, 0.2) is 0 Å². The molecule has 0 aliphatic carbocycles. The standard InChI is InChI=1S/C12H13N.H2/c1-2-10-6-3-4-7-11(10)12-8-5-9-13-12;/h3-9,13H,2H2,1H3;1H. The van der Waals surface area contributed by atoms with Gasteiger partial charge in [-0.1, -0.05) is 31.2 Å². The fourth-order valence-electron chi connectivity index (χ4n) is 1.59. The van der Waals surface area contributed by atoms with Crippen molar-refractivity contribution in [2.45, 2.75) is 13.3 Å². The third kappa shape index (κ3) is 1.50. The third-order valence-corrected chi connectivity index (χ3v) is 2.29. The maximum atomic E-state index is 3.23. The molecular weight excluding hydrogens is 158 g/mol. The van der Waals surface area contributed by atoms with E-state index in [2.05, 4.69) is 42.2 Å². The Balaban J connectivity index is 0.000000980. The lowest BCUT2D eigenvalue weighted by Gasteiger charge is -2.04. The molecule has 1 heteroatoms. The van der Waals surface area contributed by atoms with Crippen molar-refractivity contribution in [3.63, 3.8) is 0 Å². The normalized spacial score (nSPS) is 10.2. The molecule has 13 heavy (non-hydrogen) atoms. The molecule has 1 nitrogen and oxygen atoms in total. The van der Waals surface area contributed by atoms with Crippen LogP contribution in [0.15, 0.2) is 42.6 Å². The summed E-state index contributed by atoms with van der Waals surface area (Å²) in [6.45, 7) is 2.18. The molecule has 1 aromatic carbocycles. The van der Waals surface area contributed by atoms with E-state index in [1.54, 1.807) is 0 Å². The third-order valence-electron chi connectivity index (χ3n) is 2.29. The molecule has 2 aromatic rings. The molecule has 0 fully saturated rings. The smallest absolute Gasteiger partial charge is 0.0456 e. The molecule has 0 aliphatic heterocycles. The van der Waals surface area contributed by atoms with Crippen molar-refractivity contribution in [1.82, 2.24) is 4.98 Å². The van der Waals surface area contributed by atoms with Gasteiger partial charge < -0.3 is 4.98 Å². The summed E-state index contributed by atoms with van der Waals surface area (Å²) in [6, 6.07) is 12.6. The summed E-state index contributed by atoms with van der Waals surface area (Å²) in [6.07, 6.45) is 3.04. The Morgan fingerprint density at radius 1 is 1.15 bits per heavy atom. The van der Waals surface area contributed by atoms with E-state index in [4.69, 9.17) is 0 Å². The molecule has 1 N–H and O–H groups in total. The Kier molecular flexibility index (Phi) is 2.17. The zero-order valence-electron chi connectivity index (χ0n) is 7.75. The van der Waals surface area contributed by atoms with Crippen molar-refractivity contribution in [2.75, 3.05) is 0 Å². The van der Waals surface area contributed by atoms with Gasteiger partial charge in [0.05, 0.1) is 0 Å². The molecule has 0 bridgehead atoms. The number of aromatic amines is 1. The molecule has 0 aliphatic rings. The minimum absolute atomic E-state index is 0. The number of rotatable bonds is 2. The topological polar surface area (TPSA) is 15.8 Å². The highest BCUT2D eigenvalue weighted by molar-refractivity contribution is 5.63. The first-order valence-corrected chi connectivity index (χ1v) is 4.63. The van der Waals surface area contributed by atoms with Gasteiger partial charge in [-0.15, -0.1) is 0 Å². The van der Waals surface area contributed by atoms with Gasteiger partial charge in [-0.2, -0.15) is 0 Å². The summed E-state index contributed by atoms with van der Waals surface area (Å²) in [5, 5.41) is 0. The molecule has 0 unspecified atom stereocenters. The molecule has 1 aromatic heterocycles. The van der Waals surface area contributed by atoms with Crippen molar-refractivity contribution in [1.29, 1.82) is 0 Å². The first-order valence-electron chi connectivity index (χ1n) is 4.63. The second-order valence-electron chi connectivity index (χ2n) is 3.09.